The Kier molecular flexibility index (Phi) is 3.47. The van der Waals surface area contributed by atoms with Crippen LogP contribution in [0.1, 0.15) is 30.5 Å². The molecule has 1 aromatic heterocycles. The molecule has 1 nitrogen and oxygen atoms in total. The van der Waals surface area contributed by atoms with E-state index in [2.05, 4.69) is 18.2 Å². The number of aryl methyl sites for hydroxylation is 5. The normalized spacial score (nSPS) is 14.9. The number of pyridine rings is 1. The maximum Gasteiger partial charge on any atom is 0.213 e. The second-order valence-corrected chi connectivity index (χ2v) is 7.54. The summed E-state index contributed by atoms with van der Waals surface area (Å²) >= 11 is 0. The van der Waals surface area contributed by atoms with Crippen molar-refractivity contribution in [1.29, 1.82) is 0 Å². The first-order valence-electron chi connectivity index (χ1n) is 12.7. The topological polar surface area (TPSA) is 3.88 Å². The second-order valence-electron chi connectivity index (χ2n) is 7.54. The lowest BCUT2D eigenvalue weighted by molar-refractivity contribution is -0.660. The van der Waals surface area contributed by atoms with Crippen LogP contribution in [0.15, 0.2) is 79.0 Å². The molecule has 0 saturated carbocycles. The van der Waals surface area contributed by atoms with Crippen LogP contribution in [-0.2, 0) is 7.05 Å². The van der Waals surface area contributed by atoms with Gasteiger partial charge in [0.1, 0.15) is 7.05 Å². The van der Waals surface area contributed by atoms with Gasteiger partial charge < -0.3 is 0 Å². The molecule has 0 bridgehead atoms. The summed E-state index contributed by atoms with van der Waals surface area (Å²) in [6, 6.07) is 23.3. The molecule has 3 aromatic carbocycles. The molecule has 0 spiro atoms. The third-order valence-corrected chi connectivity index (χ3v) is 5.36. The van der Waals surface area contributed by atoms with Gasteiger partial charge in [-0.2, -0.15) is 0 Å². The highest BCUT2D eigenvalue weighted by Crippen LogP contribution is 2.32. The minimum absolute atomic E-state index is 0.120. The first-order chi connectivity index (χ1) is 16.4. The fraction of sp³-hybridized carbons (Fsp3) is 0.179. The Hall–Kier alpha value is -3.19. The van der Waals surface area contributed by atoms with Crippen LogP contribution in [0.5, 0.6) is 0 Å². The van der Waals surface area contributed by atoms with Crippen molar-refractivity contribution in [3.63, 3.8) is 0 Å². The highest BCUT2D eigenvalue weighted by atomic mass is 14.9. The largest absolute Gasteiger partial charge is 0.213 e. The van der Waals surface area contributed by atoms with Gasteiger partial charge in [0.05, 0.1) is 0 Å². The zero-order chi connectivity index (χ0) is 25.5. The molecule has 29 heavy (non-hydrogen) atoms. The zero-order valence-electron chi connectivity index (χ0n) is 23.0. The van der Waals surface area contributed by atoms with Crippen LogP contribution in [0.2, 0.25) is 0 Å². The van der Waals surface area contributed by atoms with Gasteiger partial charge in [-0.05, 0) is 67.0 Å². The van der Waals surface area contributed by atoms with Gasteiger partial charge in [-0.25, -0.2) is 4.57 Å². The first-order valence-corrected chi connectivity index (χ1v) is 9.68. The molecule has 0 aliphatic rings. The first kappa shape index (κ1) is 13.1. The third-order valence-electron chi connectivity index (χ3n) is 5.36. The lowest BCUT2D eigenvalue weighted by Crippen LogP contribution is -2.31. The van der Waals surface area contributed by atoms with Crippen LogP contribution in [0.3, 0.4) is 0 Å². The highest BCUT2D eigenvalue weighted by molar-refractivity contribution is 5.77. The highest BCUT2D eigenvalue weighted by Gasteiger charge is 2.18. The molecule has 0 unspecified atom stereocenters. The number of aromatic nitrogens is 1. The van der Waals surface area contributed by atoms with E-state index in [1.165, 1.54) is 0 Å². The van der Waals surface area contributed by atoms with Gasteiger partial charge in [0, 0.05) is 25.4 Å². The average molecular weight is 385 g/mol. The van der Waals surface area contributed by atoms with Crippen molar-refractivity contribution in [3.05, 3.63) is 101 Å². The minimum Gasteiger partial charge on any atom is -0.201 e. The van der Waals surface area contributed by atoms with E-state index in [9.17, 15) is 0 Å². The summed E-state index contributed by atoms with van der Waals surface area (Å²) in [7, 11) is 1.82. The van der Waals surface area contributed by atoms with Crippen LogP contribution >= 0.6 is 0 Å². The Labute approximate surface area is 182 Å². The molecule has 144 valence electrons. The van der Waals surface area contributed by atoms with Crippen LogP contribution in [0, 0.1) is 27.6 Å². The van der Waals surface area contributed by atoms with E-state index in [0.717, 1.165) is 33.5 Å². The average Bonchev–Trinajstić information content (AvgIpc) is 2.79. The summed E-state index contributed by atoms with van der Waals surface area (Å²) in [5.74, 6) is 0. The van der Waals surface area contributed by atoms with Crippen molar-refractivity contribution in [1.82, 2.24) is 0 Å². The van der Waals surface area contributed by atoms with Crippen molar-refractivity contribution in [3.8, 4) is 33.5 Å². The second kappa shape index (κ2) is 7.67. The summed E-state index contributed by atoms with van der Waals surface area (Å²) in [4.78, 5) is 0. The lowest BCUT2D eigenvalue weighted by atomic mass is 9.92. The van der Waals surface area contributed by atoms with Crippen molar-refractivity contribution >= 4 is 0 Å². The number of benzene rings is 3. The fourth-order valence-electron chi connectivity index (χ4n) is 3.74. The molecule has 0 aliphatic carbocycles. The Morgan fingerprint density at radius 2 is 1.45 bits per heavy atom. The van der Waals surface area contributed by atoms with Gasteiger partial charge in [-0.3, -0.25) is 0 Å². The maximum atomic E-state index is 8.17. The molecule has 0 atom stereocenters. The van der Waals surface area contributed by atoms with E-state index in [1.807, 2.05) is 67.9 Å². The van der Waals surface area contributed by atoms with Crippen LogP contribution < -0.4 is 4.57 Å². The maximum absolute atomic E-state index is 8.17. The molecule has 0 radical (unpaired) electrons. The van der Waals surface area contributed by atoms with Gasteiger partial charge >= 0.3 is 0 Å². The van der Waals surface area contributed by atoms with Gasteiger partial charge in [0.2, 0.25) is 5.69 Å². The van der Waals surface area contributed by atoms with E-state index in [1.54, 1.807) is 18.3 Å². The Balaban J connectivity index is 2.02. The lowest BCUT2D eigenvalue weighted by Gasteiger charge is -2.13. The third kappa shape index (κ3) is 3.73. The van der Waals surface area contributed by atoms with Gasteiger partial charge in [0.25, 0.3) is 0 Å². The number of nitrogens with zero attached hydrogens (tertiary/aromatic N) is 1. The predicted molar refractivity (Wildman–Crippen MR) is 123 cm³/mol. The molecule has 1 heterocycles. The molecule has 4 aromatic rings. The number of hydrogen-bond acceptors (Lipinski definition) is 0. The smallest absolute Gasteiger partial charge is 0.201 e. The van der Waals surface area contributed by atoms with E-state index in [0.29, 0.717) is 11.1 Å². The van der Waals surface area contributed by atoms with Crippen molar-refractivity contribution in [2.45, 2.75) is 27.6 Å². The number of hydrogen-bond donors (Lipinski definition) is 0. The van der Waals surface area contributed by atoms with Gasteiger partial charge in [-0.15, -0.1) is 0 Å². The van der Waals surface area contributed by atoms with E-state index in [4.69, 9.17) is 8.22 Å². The monoisotopic (exact) mass is 384 g/mol. The molecule has 1 heteroatoms. The summed E-state index contributed by atoms with van der Waals surface area (Å²) < 4.78 is 50.6. The Morgan fingerprint density at radius 1 is 0.655 bits per heavy atom. The molecular weight excluding hydrogens is 350 g/mol. The van der Waals surface area contributed by atoms with Gasteiger partial charge in [0.15, 0.2) is 6.20 Å². The van der Waals surface area contributed by atoms with E-state index in [-0.39, 0.29) is 11.1 Å². The fourth-order valence-corrected chi connectivity index (χ4v) is 3.74. The molecule has 0 saturated heterocycles. The van der Waals surface area contributed by atoms with Crippen LogP contribution in [-0.4, -0.2) is 0 Å². The molecular formula is C28H28N+. The summed E-state index contributed by atoms with van der Waals surface area (Å²) in [6.07, 6.45) is 1.61. The van der Waals surface area contributed by atoms with Gasteiger partial charge in [-0.1, -0.05) is 66.2 Å². The summed E-state index contributed by atoms with van der Waals surface area (Å²) in [5.41, 5.74) is 6.83. The molecule has 0 fully saturated rings. The molecule has 0 aliphatic heterocycles. The van der Waals surface area contributed by atoms with Crippen molar-refractivity contribution in [2.24, 2.45) is 7.05 Å². The van der Waals surface area contributed by atoms with E-state index < -0.39 is 13.7 Å². The standard InChI is InChI=1S/C28H28N/c1-19-11-14-25(21(3)15-19)26-17-28(29(5)18-22(26)4)27-16-24(13-12-20(27)2)23-9-7-6-8-10-23/h6-18H,1-5H3/q+1/i3D3,4D3. The quantitative estimate of drug-likeness (QED) is 0.344. The SMILES string of the molecule is [2H]C([2H])([2H])c1cc(C)ccc1-c1cc(-c2cc(-c3ccccc3)ccc2C)[n+](C)cc1C([2H])([2H])[2H]. The minimum atomic E-state index is -2.41. The molecule has 0 amide bonds. The van der Waals surface area contributed by atoms with Crippen molar-refractivity contribution in [2.75, 3.05) is 0 Å². The predicted octanol–water partition coefficient (Wildman–Crippen LogP) is 6.75. The van der Waals surface area contributed by atoms with Crippen molar-refractivity contribution < 1.29 is 12.8 Å². The Bertz CT molecular complexity index is 1390. The van der Waals surface area contributed by atoms with Crippen LogP contribution in [0.25, 0.3) is 33.5 Å². The zero-order valence-corrected chi connectivity index (χ0v) is 17.0. The van der Waals surface area contributed by atoms with Crippen LogP contribution in [0.4, 0.5) is 0 Å². The number of rotatable bonds is 3. The molecule has 0 N–H and O–H groups in total. The summed E-state index contributed by atoms with van der Waals surface area (Å²) in [5, 5.41) is 0. The summed E-state index contributed by atoms with van der Waals surface area (Å²) in [6.45, 7) is -0.947. The molecule has 4 rings (SSSR count). The van der Waals surface area contributed by atoms with E-state index >= 15 is 0 Å². The Morgan fingerprint density at radius 3 is 2.21 bits per heavy atom.